The Morgan fingerprint density at radius 2 is 1.06 bits per heavy atom. The van der Waals surface area contributed by atoms with E-state index in [1.807, 2.05) is 42.5 Å². The van der Waals surface area contributed by atoms with Crippen LogP contribution >= 0.6 is 0 Å². The molecule has 9 rings (SSSR count). The standard InChI is InChI=1S/C42H28N4O/c1-4-11-27(12-5-1)28-18-20-31(21-19-28)41-44-40(30-15-8-3-9-16-30)45-42(46-41)34-23-22-33(29-13-6-2-7-14-29)39-38(34)35-25-32-17-10-24-43-36(32)26-37(35)47-39/h1-23,25-26,43H,24H2. The largest absolute Gasteiger partial charge is 0.455 e. The summed E-state index contributed by atoms with van der Waals surface area (Å²) < 4.78 is 6.72. The molecule has 0 atom stereocenters. The Morgan fingerprint density at radius 3 is 1.77 bits per heavy atom. The third-order valence-electron chi connectivity index (χ3n) is 8.74. The van der Waals surface area contributed by atoms with E-state index in [-0.39, 0.29) is 0 Å². The van der Waals surface area contributed by atoms with Crippen molar-refractivity contribution in [1.29, 1.82) is 0 Å². The molecule has 1 aliphatic rings. The van der Waals surface area contributed by atoms with Crippen molar-refractivity contribution in [3.05, 3.63) is 151 Å². The van der Waals surface area contributed by atoms with E-state index in [1.54, 1.807) is 0 Å². The molecule has 0 amide bonds. The first-order chi connectivity index (χ1) is 23.3. The van der Waals surface area contributed by atoms with E-state index in [2.05, 4.69) is 115 Å². The summed E-state index contributed by atoms with van der Waals surface area (Å²) in [6.45, 7) is 0.793. The number of anilines is 1. The highest BCUT2D eigenvalue weighted by Crippen LogP contribution is 2.43. The van der Waals surface area contributed by atoms with Gasteiger partial charge in [-0.25, -0.2) is 15.0 Å². The first kappa shape index (κ1) is 27.0. The third-order valence-corrected chi connectivity index (χ3v) is 8.74. The molecule has 8 aromatic rings. The van der Waals surface area contributed by atoms with E-state index in [9.17, 15) is 0 Å². The van der Waals surface area contributed by atoms with Crippen LogP contribution < -0.4 is 5.32 Å². The van der Waals surface area contributed by atoms with Gasteiger partial charge < -0.3 is 9.73 Å². The minimum Gasteiger partial charge on any atom is -0.455 e. The fourth-order valence-electron chi connectivity index (χ4n) is 6.40. The van der Waals surface area contributed by atoms with Gasteiger partial charge in [0.2, 0.25) is 0 Å². The topological polar surface area (TPSA) is 63.8 Å². The predicted molar refractivity (Wildman–Crippen MR) is 192 cm³/mol. The predicted octanol–water partition coefficient (Wildman–Crippen LogP) is 10.5. The van der Waals surface area contributed by atoms with Crippen molar-refractivity contribution >= 4 is 33.7 Å². The van der Waals surface area contributed by atoms with Crippen molar-refractivity contribution in [2.75, 3.05) is 11.9 Å². The van der Waals surface area contributed by atoms with Gasteiger partial charge in [0.1, 0.15) is 11.2 Å². The van der Waals surface area contributed by atoms with Crippen LogP contribution in [0.1, 0.15) is 5.56 Å². The second kappa shape index (κ2) is 11.2. The van der Waals surface area contributed by atoms with Crippen molar-refractivity contribution in [3.8, 4) is 56.4 Å². The van der Waals surface area contributed by atoms with E-state index < -0.39 is 0 Å². The third kappa shape index (κ3) is 4.86. The monoisotopic (exact) mass is 604 g/mol. The lowest BCUT2D eigenvalue weighted by Crippen LogP contribution is -2.03. The highest BCUT2D eigenvalue weighted by molar-refractivity contribution is 6.17. The molecule has 5 heteroatoms. The molecule has 2 aromatic heterocycles. The van der Waals surface area contributed by atoms with Crippen LogP contribution in [-0.2, 0) is 0 Å². The van der Waals surface area contributed by atoms with Crippen LogP contribution in [0.5, 0.6) is 0 Å². The van der Waals surface area contributed by atoms with Crippen LogP contribution in [0.25, 0.3) is 84.4 Å². The molecule has 5 nitrogen and oxygen atoms in total. The maximum atomic E-state index is 6.72. The van der Waals surface area contributed by atoms with Gasteiger partial charge in [0.25, 0.3) is 0 Å². The Bertz CT molecular complexity index is 2430. The Morgan fingerprint density at radius 1 is 0.511 bits per heavy atom. The average molecular weight is 605 g/mol. The van der Waals surface area contributed by atoms with Crippen LogP contribution in [0.2, 0.25) is 0 Å². The summed E-state index contributed by atoms with van der Waals surface area (Å²) in [4.78, 5) is 15.2. The molecule has 0 saturated heterocycles. The number of hydrogen-bond donors (Lipinski definition) is 1. The number of rotatable bonds is 5. The molecule has 0 bridgehead atoms. The van der Waals surface area contributed by atoms with Gasteiger partial charge in [-0.2, -0.15) is 0 Å². The van der Waals surface area contributed by atoms with E-state index in [4.69, 9.17) is 19.4 Å². The summed E-state index contributed by atoms with van der Waals surface area (Å²) >= 11 is 0. The summed E-state index contributed by atoms with van der Waals surface area (Å²) in [5.74, 6) is 1.83. The molecule has 222 valence electrons. The Labute approximate surface area is 271 Å². The van der Waals surface area contributed by atoms with Crippen LogP contribution in [0.3, 0.4) is 0 Å². The van der Waals surface area contributed by atoms with Gasteiger partial charge in [-0.15, -0.1) is 0 Å². The second-order valence-corrected chi connectivity index (χ2v) is 11.7. The number of aromatic nitrogens is 3. The van der Waals surface area contributed by atoms with Crippen LogP contribution in [0, 0.1) is 0 Å². The first-order valence-corrected chi connectivity index (χ1v) is 15.8. The zero-order valence-corrected chi connectivity index (χ0v) is 25.4. The minimum atomic E-state index is 0.597. The zero-order chi connectivity index (χ0) is 31.2. The maximum absolute atomic E-state index is 6.72. The number of benzene rings is 6. The molecule has 47 heavy (non-hydrogen) atoms. The number of fused-ring (bicyclic) bond motifs is 4. The van der Waals surface area contributed by atoms with Gasteiger partial charge >= 0.3 is 0 Å². The highest BCUT2D eigenvalue weighted by Gasteiger charge is 2.22. The lowest BCUT2D eigenvalue weighted by atomic mass is 9.97. The quantitative estimate of drug-likeness (QED) is 0.212. The summed E-state index contributed by atoms with van der Waals surface area (Å²) in [5, 5.41) is 5.49. The normalized spacial score (nSPS) is 12.3. The number of nitrogens with zero attached hydrogens (tertiary/aromatic N) is 3. The number of furan rings is 1. The van der Waals surface area contributed by atoms with Gasteiger partial charge in [-0.3, -0.25) is 0 Å². The molecular weight excluding hydrogens is 576 g/mol. The zero-order valence-electron chi connectivity index (χ0n) is 25.4. The molecule has 3 heterocycles. The molecule has 1 N–H and O–H groups in total. The van der Waals surface area contributed by atoms with E-state index >= 15 is 0 Å². The van der Waals surface area contributed by atoms with Gasteiger partial charge in [-0.05, 0) is 40.5 Å². The second-order valence-electron chi connectivity index (χ2n) is 11.7. The molecule has 0 aliphatic carbocycles. The van der Waals surface area contributed by atoms with Gasteiger partial charge in [0, 0.05) is 51.3 Å². The fraction of sp³-hybridized carbons (Fsp3) is 0.0238. The highest BCUT2D eigenvalue weighted by atomic mass is 16.3. The maximum Gasteiger partial charge on any atom is 0.164 e. The van der Waals surface area contributed by atoms with Crippen LogP contribution in [0.15, 0.2) is 150 Å². The molecule has 0 fully saturated rings. The molecule has 0 unspecified atom stereocenters. The first-order valence-electron chi connectivity index (χ1n) is 15.8. The van der Waals surface area contributed by atoms with Gasteiger partial charge in [-0.1, -0.05) is 127 Å². The Hall–Kier alpha value is -6.33. The lowest BCUT2D eigenvalue weighted by Gasteiger charge is -2.13. The van der Waals surface area contributed by atoms with Crippen molar-refractivity contribution in [2.24, 2.45) is 0 Å². The van der Waals surface area contributed by atoms with Crippen molar-refractivity contribution < 1.29 is 4.42 Å². The van der Waals surface area contributed by atoms with E-state index in [0.29, 0.717) is 17.5 Å². The smallest absolute Gasteiger partial charge is 0.164 e. The molecule has 0 spiro atoms. The SMILES string of the molecule is C1=Cc2cc3c(cc2NC1)oc1c(-c2ccccc2)ccc(-c2nc(-c4ccccc4)nc(-c4ccc(-c5ccccc5)cc4)n2)c13. The van der Waals surface area contributed by atoms with Crippen molar-refractivity contribution in [3.63, 3.8) is 0 Å². The number of nitrogens with one attached hydrogen (secondary N) is 1. The van der Waals surface area contributed by atoms with Crippen molar-refractivity contribution in [1.82, 2.24) is 15.0 Å². The van der Waals surface area contributed by atoms with Crippen LogP contribution in [0.4, 0.5) is 5.69 Å². The van der Waals surface area contributed by atoms with E-state index in [0.717, 1.165) is 73.1 Å². The Balaban J connectivity index is 1.28. The molecule has 0 radical (unpaired) electrons. The lowest BCUT2D eigenvalue weighted by molar-refractivity contribution is 0.670. The van der Waals surface area contributed by atoms with Gasteiger partial charge in [0.15, 0.2) is 17.5 Å². The summed E-state index contributed by atoms with van der Waals surface area (Å²) in [5.41, 5.74) is 11.0. The molecule has 6 aromatic carbocycles. The summed E-state index contributed by atoms with van der Waals surface area (Å²) in [7, 11) is 0. The Kier molecular flexibility index (Phi) is 6.46. The minimum absolute atomic E-state index is 0.597. The average Bonchev–Trinajstić information content (AvgIpc) is 3.53. The van der Waals surface area contributed by atoms with Gasteiger partial charge in [0.05, 0.1) is 0 Å². The van der Waals surface area contributed by atoms with E-state index in [1.165, 1.54) is 5.56 Å². The molecule has 0 saturated carbocycles. The molecular formula is C42H28N4O. The summed E-state index contributed by atoms with van der Waals surface area (Å²) in [6.07, 6.45) is 4.30. The van der Waals surface area contributed by atoms with Crippen molar-refractivity contribution in [2.45, 2.75) is 0 Å². The number of hydrogen-bond acceptors (Lipinski definition) is 5. The molecule has 1 aliphatic heterocycles. The summed E-state index contributed by atoms with van der Waals surface area (Å²) in [6, 6.07) is 47.8. The van der Waals surface area contributed by atoms with Crippen LogP contribution in [-0.4, -0.2) is 21.5 Å². The fourth-order valence-corrected chi connectivity index (χ4v) is 6.40.